The first kappa shape index (κ1) is 15.7. The molecule has 2 aromatic rings. The van der Waals surface area contributed by atoms with Crippen LogP contribution in [0.3, 0.4) is 0 Å². The minimum atomic E-state index is -0.548. The van der Waals surface area contributed by atoms with Crippen LogP contribution in [0.1, 0.15) is 18.5 Å². The van der Waals surface area contributed by atoms with Crippen LogP contribution in [0.2, 0.25) is 0 Å². The van der Waals surface area contributed by atoms with E-state index in [1.807, 2.05) is 31.2 Å². The second-order valence-electron chi connectivity index (χ2n) is 5.93. The van der Waals surface area contributed by atoms with Gasteiger partial charge in [-0.3, -0.25) is 4.79 Å². The molecule has 6 heteroatoms. The van der Waals surface area contributed by atoms with E-state index in [1.165, 1.54) is 0 Å². The summed E-state index contributed by atoms with van der Waals surface area (Å²) in [5.74, 6) is 0.488. The van der Waals surface area contributed by atoms with Crippen molar-refractivity contribution >= 4 is 11.6 Å². The van der Waals surface area contributed by atoms with Gasteiger partial charge in [-0.15, -0.1) is 0 Å². The van der Waals surface area contributed by atoms with E-state index in [0.29, 0.717) is 44.2 Å². The second kappa shape index (κ2) is 6.52. The predicted molar refractivity (Wildman–Crippen MR) is 86.8 cm³/mol. The number of ether oxygens (including phenoxy) is 1. The first-order valence-corrected chi connectivity index (χ1v) is 7.75. The van der Waals surface area contributed by atoms with Gasteiger partial charge in [0.05, 0.1) is 11.1 Å². The van der Waals surface area contributed by atoms with Crippen molar-refractivity contribution in [2.24, 2.45) is 11.1 Å². The maximum Gasteiger partial charge on any atom is 0.232 e. The molecule has 0 unspecified atom stereocenters. The summed E-state index contributed by atoms with van der Waals surface area (Å²) >= 11 is 0. The van der Waals surface area contributed by atoms with E-state index in [0.717, 1.165) is 11.3 Å². The van der Waals surface area contributed by atoms with Crippen LogP contribution in [-0.2, 0) is 9.53 Å². The maximum atomic E-state index is 12.7. The summed E-state index contributed by atoms with van der Waals surface area (Å²) in [4.78, 5) is 17.0. The standard InChI is InChI=1S/C17H21N3O3/c1-12-10-23-15(19-12)13-3-2-4-14(9-13)20-16(21)17(11-18)5-7-22-8-6-17/h2-4,9-10H,5-8,11,18H2,1H3,(H,20,21). The van der Waals surface area contributed by atoms with Crippen LogP contribution in [0, 0.1) is 12.3 Å². The minimum Gasteiger partial charge on any atom is -0.444 e. The first-order chi connectivity index (χ1) is 11.1. The Morgan fingerprint density at radius 2 is 2.17 bits per heavy atom. The monoisotopic (exact) mass is 315 g/mol. The highest BCUT2D eigenvalue weighted by Crippen LogP contribution is 2.31. The number of hydrogen-bond donors (Lipinski definition) is 2. The number of amides is 1. The predicted octanol–water partition coefficient (Wildman–Crippen LogP) is 2.34. The molecule has 23 heavy (non-hydrogen) atoms. The third-order valence-corrected chi connectivity index (χ3v) is 4.31. The van der Waals surface area contributed by atoms with Gasteiger partial charge < -0.3 is 20.2 Å². The highest BCUT2D eigenvalue weighted by molar-refractivity contribution is 5.96. The Morgan fingerprint density at radius 1 is 1.39 bits per heavy atom. The zero-order chi connectivity index (χ0) is 16.3. The van der Waals surface area contributed by atoms with Crippen molar-refractivity contribution in [2.75, 3.05) is 25.1 Å². The van der Waals surface area contributed by atoms with Crippen LogP contribution in [0.25, 0.3) is 11.5 Å². The van der Waals surface area contributed by atoms with Gasteiger partial charge in [0.15, 0.2) is 0 Å². The fourth-order valence-corrected chi connectivity index (χ4v) is 2.77. The molecule has 0 spiro atoms. The Labute approximate surface area is 135 Å². The highest BCUT2D eigenvalue weighted by Gasteiger charge is 2.38. The van der Waals surface area contributed by atoms with E-state index in [1.54, 1.807) is 6.26 Å². The molecule has 122 valence electrons. The summed E-state index contributed by atoms with van der Waals surface area (Å²) in [5, 5.41) is 2.98. The Morgan fingerprint density at radius 3 is 2.83 bits per heavy atom. The number of anilines is 1. The van der Waals surface area contributed by atoms with Gasteiger partial charge >= 0.3 is 0 Å². The number of carbonyl (C=O) groups excluding carboxylic acids is 1. The Kier molecular flexibility index (Phi) is 4.45. The largest absolute Gasteiger partial charge is 0.444 e. The van der Waals surface area contributed by atoms with Crippen LogP contribution >= 0.6 is 0 Å². The molecule has 1 aliphatic rings. The zero-order valence-electron chi connectivity index (χ0n) is 13.2. The number of aromatic nitrogens is 1. The molecule has 1 saturated heterocycles. The van der Waals surface area contributed by atoms with Crippen LogP contribution < -0.4 is 11.1 Å². The van der Waals surface area contributed by atoms with Gasteiger partial charge in [-0.05, 0) is 38.0 Å². The molecule has 0 saturated carbocycles. The van der Waals surface area contributed by atoms with E-state index in [4.69, 9.17) is 14.9 Å². The number of oxazole rings is 1. The van der Waals surface area contributed by atoms with Gasteiger partial charge in [0.1, 0.15) is 6.26 Å². The molecule has 1 aromatic carbocycles. The molecular formula is C17H21N3O3. The lowest BCUT2D eigenvalue weighted by molar-refractivity contribution is -0.130. The van der Waals surface area contributed by atoms with Crippen molar-refractivity contribution in [3.05, 3.63) is 36.2 Å². The van der Waals surface area contributed by atoms with Gasteiger partial charge in [-0.25, -0.2) is 4.98 Å². The van der Waals surface area contributed by atoms with Crippen LogP contribution in [0.5, 0.6) is 0 Å². The van der Waals surface area contributed by atoms with E-state index >= 15 is 0 Å². The average Bonchev–Trinajstić information content (AvgIpc) is 3.02. The molecule has 1 aromatic heterocycles. The third kappa shape index (κ3) is 3.28. The number of benzene rings is 1. The molecule has 6 nitrogen and oxygen atoms in total. The fraction of sp³-hybridized carbons (Fsp3) is 0.412. The molecule has 0 radical (unpaired) electrons. The molecule has 1 fully saturated rings. The fourth-order valence-electron chi connectivity index (χ4n) is 2.77. The lowest BCUT2D eigenvalue weighted by Gasteiger charge is -2.34. The molecule has 1 amide bonds. The summed E-state index contributed by atoms with van der Waals surface area (Å²) in [6.45, 7) is 3.33. The SMILES string of the molecule is Cc1coc(-c2cccc(NC(=O)C3(CN)CCOCC3)c2)n1. The van der Waals surface area contributed by atoms with E-state index in [-0.39, 0.29) is 5.91 Å². The summed E-state index contributed by atoms with van der Waals surface area (Å²) in [7, 11) is 0. The number of rotatable bonds is 4. The Hall–Kier alpha value is -2.18. The lowest BCUT2D eigenvalue weighted by Crippen LogP contribution is -2.46. The summed E-state index contributed by atoms with van der Waals surface area (Å²) in [6.07, 6.45) is 2.90. The second-order valence-corrected chi connectivity index (χ2v) is 5.93. The Bertz CT molecular complexity index is 690. The number of nitrogens with two attached hydrogens (primary N) is 1. The lowest BCUT2D eigenvalue weighted by atomic mass is 9.79. The normalized spacial score (nSPS) is 17.0. The highest BCUT2D eigenvalue weighted by atomic mass is 16.5. The quantitative estimate of drug-likeness (QED) is 0.904. The smallest absolute Gasteiger partial charge is 0.232 e. The number of nitrogens with one attached hydrogen (secondary N) is 1. The van der Waals surface area contributed by atoms with E-state index < -0.39 is 5.41 Å². The van der Waals surface area contributed by atoms with Gasteiger partial charge in [-0.2, -0.15) is 0 Å². The molecular weight excluding hydrogens is 294 g/mol. The third-order valence-electron chi connectivity index (χ3n) is 4.31. The van der Waals surface area contributed by atoms with Gasteiger partial charge in [0.2, 0.25) is 11.8 Å². The van der Waals surface area contributed by atoms with Gasteiger partial charge in [0, 0.05) is 31.0 Å². The average molecular weight is 315 g/mol. The van der Waals surface area contributed by atoms with Crippen molar-refractivity contribution in [1.29, 1.82) is 0 Å². The van der Waals surface area contributed by atoms with Crippen molar-refractivity contribution in [3.63, 3.8) is 0 Å². The minimum absolute atomic E-state index is 0.0518. The molecule has 1 aliphatic heterocycles. The first-order valence-electron chi connectivity index (χ1n) is 7.75. The van der Waals surface area contributed by atoms with E-state index in [2.05, 4.69) is 10.3 Å². The van der Waals surface area contributed by atoms with Crippen molar-refractivity contribution in [3.8, 4) is 11.5 Å². The number of carbonyl (C=O) groups is 1. The number of nitrogens with zero attached hydrogens (tertiary/aromatic N) is 1. The van der Waals surface area contributed by atoms with Crippen LogP contribution in [-0.4, -0.2) is 30.6 Å². The summed E-state index contributed by atoms with van der Waals surface area (Å²) in [5.41, 5.74) is 7.68. The number of aryl methyl sites for hydroxylation is 1. The van der Waals surface area contributed by atoms with Crippen molar-refractivity contribution in [2.45, 2.75) is 19.8 Å². The van der Waals surface area contributed by atoms with Gasteiger partial charge in [-0.1, -0.05) is 6.07 Å². The molecule has 2 heterocycles. The zero-order valence-corrected chi connectivity index (χ0v) is 13.2. The summed E-state index contributed by atoms with van der Waals surface area (Å²) in [6, 6.07) is 7.46. The molecule has 0 atom stereocenters. The van der Waals surface area contributed by atoms with Crippen molar-refractivity contribution < 1.29 is 13.9 Å². The molecule has 0 aliphatic carbocycles. The molecule has 0 bridgehead atoms. The molecule has 3 rings (SSSR count). The van der Waals surface area contributed by atoms with Crippen molar-refractivity contribution in [1.82, 2.24) is 4.98 Å². The van der Waals surface area contributed by atoms with Crippen LogP contribution in [0.15, 0.2) is 34.9 Å². The topological polar surface area (TPSA) is 90.4 Å². The molecule has 3 N–H and O–H groups in total. The number of hydrogen-bond acceptors (Lipinski definition) is 5. The van der Waals surface area contributed by atoms with Gasteiger partial charge in [0.25, 0.3) is 0 Å². The summed E-state index contributed by atoms with van der Waals surface area (Å²) < 4.78 is 10.8. The van der Waals surface area contributed by atoms with E-state index in [9.17, 15) is 4.79 Å². The Balaban J connectivity index is 1.78. The maximum absolute atomic E-state index is 12.7. The van der Waals surface area contributed by atoms with Crippen LogP contribution in [0.4, 0.5) is 5.69 Å².